The first-order valence-corrected chi connectivity index (χ1v) is 11.5. The van der Waals surface area contributed by atoms with E-state index in [1.54, 1.807) is 14.2 Å². The minimum Gasteiger partial charge on any atom is -0.497 e. The van der Waals surface area contributed by atoms with Gasteiger partial charge in [0.25, 0.3) is 0 Å². The van der Waals surface area contributed by atoms with Gasteiger partial charge in [-0.05, 0) is 79.8 Å². The number of aromatic nitrogens is 2. The lowest BCUT2D eigenvalue weighted by molar-refractivity contribution is 0.414. The van der Waals surface area contributed by atoms with Crippen LogP contribution in [-0.4, -0.2) is 28.9 Å². The number of hydrogen-bond donors (Lipinski definition) is 1. The molecule has 0 bridgehead atoms. The average Bonchev–Trinajstić information content (AvgIpc) is 3.43. The summed E-state index contributed by atoms with van der Waals surface area (Å²) in [6.45, 7) is 2.11. The van der Waals surface area contributed by atoms with Gasteiger partial charge in [0.05, 0.1) is 31.6 Å². The van der Waals surface area contributed by atoms with E-state index in [4.69, 9.17) is 21.7 Å². The predicted octanol–water partition coefficient (Wildman–Crippen LogP) is 5.38. The molecule has 1 N–H and O–H groups in total. The Morgan fingerprint density at radius 3 is 2.35 bits per heavy atom. The number of methoxy groups -OCH3 is 2. The zero-order valence-electron chi connectivity index (χ0n) is 19.3. The largest absolute Gasteiger partial charge is 0.497 e. The molecule has 34 heavy (non-hydrogen) atoms. The number of pyridine rings is 1. The van der Waals surface area contributed by atoms with Crippen molar-refractivity contribution in [2.75, 3.05) is 19.1 Å². The van der Waals surface area contributed by atoms with Crippen LogP contribution in [0.3, 0.4) is 0 Å². The van der Waals surface area contributed by atoms with Gasteiger partial charge >= 0.3 is 0 Å². The average molecular weight is 471 g/mol. The van der Waals surface area contributed by atoms with Crippen LogP contribution < -0.4 is 19.7 Å². The molecule has 0 radical (unpaired) electrons. The van der Waals surface area contributed by atoms with Crippen molar-refractivity contribution >= 4 is 23.0 Å². The molecule has 0 amide bonds. The van der Waals surface area contributed by atoms with Gasteiger partial charge in [0.1, 0.15) is 17.5 Å². The van der Waals surface area contributed by atoms with Crippen molar-refractivity contribution in [2.45, 2.75) is 19.0 Å². The summed E-state index contributed by atoms with van der Waals surface area (Å²) in [6, 6.07) is 26.0. The van der Waals surface area contributed by atoms with Gasteiger partial charge in [-0.25, -0.2) is 0 Å². The van der Waals surface area contributed by atoms with Crippen molar-refractivity contribution in [3.63, 3.8) is 0 Å². The second-order valence-electron chi connectivity index (χ2n) is 8.10. The molecular weight excluding hydrogens is 444 g/mol. The fraction of sp³-hybridized carbons (Fsp3) is 0.185. The molecule has 6 nitrogen and oxygen atoms in total. The molecule has 1 aliphatic rings. The topological polar surface area (TPSA) is 51.5 Å². The molecule has 7 heteroatoms. The molecule has 2 aromatic carbocycles. The van der Waals surface area contributed by atoms with Gasteiger partial charge in [0.2, 0.25) is 0 Å². The maximum atomic E-state index is 5.89. The maximum Gasteiger partial charge on any atom is 0.174 e. The quantitative estimate of drug-likeness (QED) is 0.382. The lowest BCUT2D eigenvalue weighted by Gasteiger charge is -2.30. The number of ether oxygens (including phenoxy) is 2. The van der Waals surface area contributed by atoms with Crippen molar-refractivity contribution in [1.82, 2.24) is 14.9 Å². The third-order valence-corrected chi connectivity index (χ3v) is 6.50. The Kier molecular flexibility index (Phi) is 5.94. The van der Waals surface area contributed by atoms with Crippen LogP contribution in [0.5, 0.6) is 11.5 Å². The van der Waals surface area contributed by atoms with E-state index in [1.807, 2.05) is 60.8 Å². The molecule has 0 spiro atoms. The molecule has 172 valence electrons. The number of nitrogens with zero attached hydrogens (tertiary/aromatic N) is 3. The van der Waals surface area contributed by atoms with Crippen LogP contribution in [0.1, 0.15) is 29.2 Å². The minimum absolute atomic E-state index is 0.148. The summed E-state index contributed by atoms with van der Waals surface area (Å²) in [4.78, 5) is 6.81. The molecule has 0 unspecified atom stereocenters. The molecule has 0 saturated carbocycles. The van der Waals surface area contributed by atoms with Crippen molar-refractivity contribution in [2.24, 2.45) is 0 Å². The van der Waals surface area contributed by atoms with E-state index in [9.17, 15) is 0 Å². The lowest BCUT2D eigenvalue weighted by atomic mass is 10.0. The van der Waals surface area contributed by atoms with Gasteiger partial charge in [0, 0.05) is 23.3 Å². The van der Waals surface area contributed by atoms with Crippen molar-refractivity contribution in [3.8, 4) is 17.2 Å². The first-order chi connectivity index (χ1) is 16.6. The van der Waals surface area contributed by atoms with E-state index in [2.05, 4.69) is 51.0 Å². The van der Waals surface area contributed by atoms with Crippen LogP contribution in [0, 0.1) is 6.92 Å². The van der Waals surface area contributed by atoms with Crippen LogP contribution in [0.15, 0.2) is 85.1 Å². The molecule has 1 saturated heterocycles. The zero-order valence-corrected chi connectivity index (χ0v) is 20.1. The summed E-state index contributed by atoms with van der Waals surface area (Å²) in [5.74, 6) is 1.58. The van der Waals surface area contributed by atoms with Crippen LogP contribution in [-0.2, 0) is 0 Å². The van der Waals surface area contributed by atoms with Crippen LogP contribution in [0.2, 0.25) is 0 Å². The predicted molar refractivity (Wildman–Crippen MR) is 138 cm³/mol. The number of nitrogens with one attached hydrogen (secondary N) is 1. The van der Waals surface area contributed by atoms with Crippen molar-refractivity contribution in [3.05, 3.63) is 102 Å². The molecule has 1 aliphatic heterocycles. The molecular formula is C27H26N4O2S. The summed E-state index contributed by atoms with van der Waals surface area (Å²) >= 11 is 5.89. The van der Waals surface area contributed by atoms with E-state index in [0.717, 1.165) is 40.0 Å². The first kappa shape index (κ1) is 22.0. The van der Waals surface area contributed by atoms with Gasteiger partial charge in [-0.1, -0.05) is 18.2 Å². The monoisotopic (exact) mass is 470 g/mol. The van der Waals surface area contributed by atoms with E-state index in [0.29, 0.717) is 5.11 Å². The van der Waals surface area contributed by atoms with Gasteiger partial charge in [0.15, 0.2) is 5.11 Å². The second kappa shape index (κ2) is 9.19. The van der Waals surface area contributed by atoms with E-state index < -0.39 is 0 Å². The summed E-state index contributed by atoms with van der Waals surface area (Å²) in [6.07, 6.45) is 1.82. The number of hydrogen-bond acceptors (Lipinski definition) is 4. The van der Waals surface area contributed by atoms with Gasteiger partial charge in [-0.3, -0.25) is 4.98 Å². The lowest BCUT2D eigenvalue weighted by Crippen LogP contribution is -2.30. The third-order valence-electron chi connectivity index (χ3n) is 6.18. The molecule has 1 fully saturated rings. The Hall–Kier alpha value is -3.84. The Balaban J connectivity index is 1.70. The maximum absolute atomic E-state index is 5.89. The highest BCUT2D eigenvalue weighted by molar-refractivity contribution is 7.80. The van der Waals surface area contributed by atoms with Crippen LogP contribution >= 0.6 is 12.2 Å². The van der Waals surface area contributed by atoms with Crippen molar-refractivity contribution in [1.29, 1.82) is 0 Å². The molecule has 2 atom stereocenters. The summed E-state index contributed by atoms with van der Waals surface area (Å²) in [7, 11) is 3.36. The van der Waals surface area contributed by atoms with Gasteiger partial charge in [-0.15, -0.1) is 0 Å². The molecule has 4 aromatic rings. The summed E-state index contributed by atoms with van der Waals surface area (Å²) in [5.41, 5.74) is 5.10. The number of para-hydroxylation sites is 2. The number of benzene rings is 2. The molecule has 2 aromatic heterocycles. The SMILES string of the molecule is COc1ccc(-n2c(C)ccc2[C@H]2[C@H](c3ccccn3)NC(=S)N2c2ccccc2OC)cc1. The standard InChI is InChI=1S/C27H26N4O2S/c1-18-11-16-23(30(18)19-12-14-20(32-2)15-13-19)26-25(21-8-6-7-17-28-21)29-27(34)31(26)22-9-4-5-10-24(22)33-3/h4-17,25-26H,1-3H3,(H,29,34)/t25-,26-/m0/s1. The Bertz CT molecular complexity index is 1300. The van der Waals surface area contributed by atoms with Crippen LogP contribution in [0.4, 0.5) is 5.69 Å². The Labute approximate surface area is 204 Å². The molecule has 3 heterocycles. The molecule has 5 rings (SSSR count). The number of rotatable bonds is 6. The third kappa shape index (κ3) is 3.78. The Morgan fingerprint density at radius 1 is 0.882 bits per heavy atom. The zero-order chi connectivity index (χ0) is 23.7. The van der Waals surface area contributed by atoms with E-state index >= 15 is 0 Å². The normalized spacial score (nSPS) is 17.5. The summed E-state index contributed by atoms with van der Waals surface area (Å²) < 4.78 is 13.3. The highest BCUT2D eigenvalue weighted by atomic mass is 32.1. The smallest absolute Gasteiger partial charge is 0.174 e. The molecule has 0 aliphatic carbocycles. The summed E-state index contributed by atoms with van der Waals surface area (Å²) in [5, 5.41) is 4.16. The van der Waals surface area contributed by atoms with E-state index in [1.165, 1.54) is 0 Å². The van der Waals surface area contributed by atoms with Crippen molar-refractivity contribution < 1.29 is 9.47 Å². The number of aryl methyl sites for hydroxylation is 1. The highest BCUT2D eigenvalue weighted by Crippen LogP contribution is 2.45. The van der Waals surface area contributed by atoms with E-state index in [-0.39, 0.29) is 12.1 Å². The van der Waals surface area contributed by atoms with Gasteiger partial charge < -0.3 is 24.3 Å². The fourth-order valence-corrected chi connectivity index (χ4v) is 4.96. The highest BCUT2D eigenvalue weighted by Gasteiger charge is 2.43. The first-order valence-electron chi connectivity index (χ1n) is 11.1. The minimum atomic E-state index is -0.158. The van der Waals surface area contributed by atoms with Gasteiger partial charge in [-0.2, -0.15) is 0 Å². The Morgan fingerprint density at radius 2 is 1.65 bits per heavy atom. The number of anilines is 1. The second-order valence-corrected chi connectivity index (χ2v) is 8.49. The fourth-order valence-electron chi connectivity index (χ4n) is 4.62. The van der Waals surface area contributed by atoms with Crippen LogP contribution in [0.25, 0.3) is 5.69 Å². The number of thiocarbonyl (C=S) groups is 1.